The summed E-state index contributed by atoms with van der Waals surface area (Å²) in [6, 6.07) is 3.88. The first-order valence-corrected chi connectivity index (χ1v) is 9.59. The van der Waals surface area contributed by atoms with Gasteiger partial charge in [0.05, 0.1) is 6.61 Å². The SMILES string of the molecule is CCOC(=O)c1csc(Nc2cc(C(C)(C)C)c(O)c(C(C)(C)C)c2)n1. The van der Waals surface area contributed by atoms with Crippen molar-refractivity contribution in [2.24, 2.45) is 0 Å². The number of aromatic hydroxyl groups is 1. The standard InChI is InChI=1S/C20H28N2O3S/c1-8-25-17(24)15-11-26-18(22-15)21-12-9-13(19(2,3)4)16(23)14(10-12)20(5,6)7/h9-11,23H,8H2,1-7H3,(H,21,22). The monoisotopic (exact) mass is 376 g/mol. The fourth-order valence-electron chi connectivity index (χ4n) is 2.60. The predicted molar refractivity (Wildman–Crippen MR) is 107 cm³/mol. The zero-order valence-electron chi connectivity index (χ0n) is 16.6. The summed E-state index contributed by atoms with van der Waals surface area (Å²) in [5.41, 5.74) is 2.46. The molecule has 0 saturated heterocycles. The average Bonchev–Trinajstić information content (AvgIpc) is 2.95. The van der Waals surface area contributed by atoms with Crippen LogP contribution in [-0.2, 0) is 15.6 Å². The highest BCUT2D eigenvalue weighted by molar-refractivity contribution is 7.14. The molecule has 2 aromatic rings. The van der Waals surface area contributed by atoms with Crippen molar-refractivity contribution in [1.29, 1.82) is 0 Å². The minimum atomic E-state index is -0.423. The Morgan fingerprint density at radius 3 is 2.15 bits per heavy atom. The molecule has 0 aliphatic rings. The number of phenolic OH excluding ortho intramolecular Hbond substituents is 1. The van der Waals surface area contributed by atoms with Crippen molar-refractivity contribution in [2.75, 3.05) is 11.9 Å². The van der Waals surface area contributed by atoms with Gasteiger partial charge < -0.3 is 15.2 Å². The third-order valence-electron chi connectivity index (χ3n) is 3.97. The number of phenols is 1. The molecule has 0 aliphatic carbocycles. The Balaban J connectivity index is 2.42. The number of carbonyl (C=O) groups excluding carboxylic acids is 1. The lowest BCUT2D eigenvalue weighted by Crippen LogP contribution is -2.17. The largest absolute Gasteiger partial charge is 0.507 e. The van der Waals surface area contributed by atoms with Gasteiger partial charge in [0.1, 0.15) is 5.75 Å². The van der Waals surface area contributed by atoms with Crippen LogP contribution >= 0.6 is 11.3 Å². The summed E-state index contributed by atoms with van der Waals surface area (Å²) in [5.74, 6) is -0.0878. The second kappa shape index (κ2) is 7.27. The van der Waals surface area contributed by atoms with Crippen LogP contribution in [0.5, 0.6) is 5.75 Å². The molecule has 0 amide bonds. The van der Waals surface area contributed by atoms with E-state index in [9.17, 15) is 9.90 Å². The maximum absolute atomic E-state index is 11.8. The topological polar surface area (TPSA) is 71.5 Å². The van der Waals surface area contributed by atoms with Gasteiger partial charge in [-0.3, -0.25) is 0 Å². The molecule has 2 rings (SSSR count). The predicted octanol–water partition coefficient (Wildman–Crippen LogP) is 5.36. The number of ether oxygens (including phenoxy) is 1. The van der Waals surface area contributed by atoms with Crippen LogP contribution in [0.15, 0.2) is 17.5 Å². The Labute approximate surface area is 159 Å². The van der Waals surface area contributed by atoms with Crippen LogP contribution in [0, 0.1) is 0 Å². The van der Waals surface area contributed by atoms with Crippen LogP contribution in [0.25, 0.3) is 0 Å². The molecule has 26 heavy (non-hydrogen) atoms. The maximum Gasteiger partial charge on any atom is 0.357 e. The Morgan fingerprint density at radius 1 is 1.15 bits per heavy atom. The Kier molecular flexibility index (Phi) is 5.66. The van der Waals surface area contributed by atoms with E-state index in [1.807, 2.05) is 12.1 Å². The first-order valence-electron chi connectivity index (χ1n) is 8.71. The van der Waals surface area contributed by atoms with Crippen molar-refractivity contribution in [3.8, 4) is 5.75 Å². The van der Waals surface area contributed by atoms with E-state index in [0.717, 1.165) is 16.8 Å². The van der Waals surface area contributed by atoms with Gasteiger partial charge in [0.15, 0.2) is 10.8 Å². The van der Waals surface area contributed by atoms with Crippen LogP contribution in [0.1, 0.15) is 70.1 Å². The Morgan fingerprint density at radius 2 is 1.69 bits per heavy atom. The summed E-state index contributed by atoms with van der Waals surface area (Å²) in [5, 5.41) is 16.3. The molecule has 0 spiro atoms. The molecule has 1 aromatic heterocycles. The summed E-state index contributed by atoms with van der Waals surface area (Å²) in [7, 11) is 0. The Bertz CT molecular complexity index is 763. The van der Waals surface area contributed by atoms with E-state index < -0.39 is 5.97 Å². The molecular formula is C20H28N2O3S. The normalized spacial score (nSPS) is 12.1. The van der Waals surface area contributed by atoms with Crippen LogP contribution < -0.4 is 5.32 Å². The molecule has 0 atom stereocenters. The van der Waals surface area contributed by atoms with E-state index in [1.54, 1.807) is 12.3 Å². The van der Waals surface area contributed by atoms with Crippen molar-refractivity contribution in [3.63, 3.8) is 0 Å². The molecule has 0 unspecified atom stereocenters. The van der Waals surface area contributed by atoms with Crippen molar-refractivity contribution in [2.45, 2.75) is 59.3 Å². The molecule has 142 valence electrons. The summed E-state index contributed by atoms with van der Waals surface area (Å²) in [6.07, 6.45) is 0. The highest BCUT2D eigenvalue weighted by Gasteiger charge is 2.26. The van der Waals surface area contributed by atoms with Gasteiger partial charge in [-0.2, -0.15) is 0 Å². The van der Waals surface area contributed by atoms with E-state index in [1.165, 1.54) is 11.3 Å². The van der Waals surface area contributed by atoms with E-state index in [0.29, 0.717) is 23.2 Å². The lowest BCUT2D eigenvalue weighted by molar-refractivity contribution is 0.0520. The van der Waals surface area contributed by atoms with Crippen LogP contribution in [0.2, 0.25) is 0 Å². The second-order valence-electron chi connectivity index (χ2n) is 8.30. The van der Waals surface area contributed by atoms with E-state index in [-0.39, 0.29) is 10.8 Å². The lowest BCUT2D eigenvalue weighted by atomic mass is 9.79. The smallest absolute Gasteiger partial charge is 0.357 e. The number of esters is 1. The fourth-order valence-corrected chi connectivity index (χ4v) is 3.30. The summed E-state index contributed by atoms with van der Waals surface area (Å²) in [4.78, 5) is 16.1. The number of hydrogen-bond acceptors (Lipinski definition) is 6. The molecule has 0 saturated carbocycles. The third kappa shape index (κ3) is 4.55. The van der Waals surface area contributed by atoms with Gasteiger partial charge in [-0.25, -0.2) is 9.78 Å². The van der Waals surface area contributed by atoms with E-state index >= 15 is 0 Å². The minimum absolute atomic E-state index is 0.208. The fraction of sp³-hybridized carbons (Fsp3) is 0.500. The minimum Gasteiger partial charge on any atom is -0.507 e. The van der Waals surface area contributed by atoms with E-state index in [2.05, 4.69) is 51.8 Å². The Hall–Kier alpha value is -2.08. The van der Waals surface area contributed by atoms with Crippen molar-refractivity contribution in [3.05, 3.63) is 34.3 Å². The average molecular weight is 377 g/mol. The summed E-state index contributed by atoms with van der Waals surface area (Å²) >= 11 is 1.34. The number of nitrogens with zero attached hydrogens (tertiary/aromatic N) is 1. The van der Waals surface area contributed by atoms with Crippen molar-refractivity contribution < 1.29 is 14.6 Å². The van der Waals surface area contributed by atoms with Gasteiger partial charge in [-0.15, -0.1) is 11.3 Å². The molecule has 0 aliphatic heterocycles. The molecule has 0 bridgehead atoms. The summed E-state index contributed by atoms with van der Waals surface area (Å²) in [6.45, 7) is 14.5. The van der Waals surface area contributed by atoms with Gasteiger partial charge in [0.25, 0.3) is 0 Å². The number of benzene rings is 1. The highest BCUT2D eigenvalue weighted by Crippen LogP contribution is 2.41. The molecule has 0 radical (unpaired) electrons. The number of anilines is 2. The second-order valence-corrected chi connectivity index (χ2v) is 9.16. The van der Waals surface area contributed by atoms with Gasteiger partial charge >= 0.3 is 5.97 Å². The first kappa shape index (κ1) is 20.2. The van der Waals surface area contributed by atoms with Crippen molar-refractivity contribution in [1.82, 2.24) is 4.98 Å². The van der Waals surface area contributed by atoms with Crippen LogP contribution in [-0.4, -0.2) is 22.7 Å². The van der Waals surface area contributed by atoms with Crippen LogP contribution in [0.3, 0.4) is 0 Å². The lowest BCUT2D eigenvalue weighted by Gasteiger charge is -2.28. The molecular weight excluding hydrogens is 348 g/mol. The van der Waals surface area contributed by atoms with Crippen molar-refractivity contribution >= 4 is 28.1 Å². The third-order valence-corrected chi connectivity index (χ3v) is 4.72. The number of carbonyl (C=O) groups is 1. The maximum atomic E-state index is 11.8. The summed E-state index contributed by atoms with van der Waals surface area (Å²) < 4.78 is 4.98. The number of thiazole rings is 1. The highest BCUT2D eigenvalue weighted by atomic mass is 32.1. The molecule has 0 fully saturated rings. The van der Waals surface area contributed by atoms with Gasteiger partial charge in [-0.1, -0.05) is 41.5 Å². The zero-order chi connectivity index (χ0) is 19.7. The van der Waals surface area contributed by atoms with Crippen LogP contribution in [0.4, 0.5) is 10.8 Å². The van der Waals surface area contributed by atoms with Gasteiger partial charge in [0.2, 0.25) is 0 Å². The molecule has 1 aromatic carbocycles. The zero-order valence-corrected chi connectivity index (χ0v) is 17.4. The molecule has 2 N–H and O–H groups in total. The number of rotatable bonds is 4. The number of nitrogens with one attached hydrogen (secondary N) is 1. The quantitative estimate of drug-likeness (QED) is 0.555. The first-order chi connectivity index (χ1) is 11.9. The number of hydrogen-bond donors (Lipinski definition) is 2. The van der Waals surface area contributed by atoms with Gasteiger partial charge in [0, 0.05) is 22.2 Å². The number of aromatic nitrogens is 1. The molecule has 1 heterocycles. The molecule has 6 heteroatoms. The molecule has 5 nitrogen and oxygen atoms in total. The van der Waals surface area contributed by atoms with Gasteiger partial charge in [-0.05, 0) is 29.9 Å². The van der Waals surface area contributed by atoms with E-state index in [4.69, 9.17) is 4.74 Å².